The van der Waals surface area contributed by atoms with Crippen LogP contribution in [0.25, 0.3) is 10.9 Å². The molecule has 4 heterocycles. The van der Waals surface area contributed by atoms with Gasteiger partial charge in [0.1, 0.15) is 0 Å². The number of benzene rings is 2. The van der Waals surface area contributed by atoms with Crippen LogP contribution in [0.4, 0.5) is 0 Å². The van der Waals surface area contributed by atoms with E-state index in [9.17, 15) is 5.11 Å². The van der Waals surface area contributed by atoms with E-state index >= 15 is 0 Å². The summed E-state index contributed by atoms with van der Waals surface area (Å²) >= 11 is 0. The summed E-state index contributed by atoms with van der Waals surface area (Å²) in [6.07, 6.45) is 6.98. The first kappa shape index (κ1) is 20.7. The molecule has 1 N–H and O–H groups in total. The van der Waals surface area contributed by atoms with Crippen molar-refractivity contribution in [3.05, 3.63) is 58.3 Å². The van der Waals surface area contributed by atoms with Gasteiger partial charge in [0.2, 0.25) is 0 Å². The number of para-hydroxylation sites is 1. The summed E-state index contributed by atoms with van der Waals surface area (Å²) in [6, 6.07) is 11.2. The lowest BCUT2D eigenvalue weighted by Gasteiger charge is -2.63. The Kier molecular flexibility index (Phi) is 4.03. The summed E-state index contributed by atoms with van der Waals surface area (Å²) in [7, 11) is 1.74. The zero-order valence-electron chi connectivity index (χ0n) is 20.8. The molecule has 2 bridgehead atoms. The van der Waals surface area contributed by atoms with Gasteiger partial charge in [0.05, 0.1) is 29.3 Å². The first-order valence-corrected chi connectivity index (χ1v) is 13.6. The molecule has 0 radical (unpaired) electrons. The van der Waals surface area contributed by atoms with Crippen molar-refractivity contribution >= 4 is 10.9 Å². The van der Waals surface area contributed by atoms with Crippen molar-refractivity contribution in [1.82, 2.24) is 9.47 Å². The van der Waals surface area contributed by atoms with E-state index in [0.717, 1.165) is 56.8 Å². The SMILES string of the molecule is CCCCN1CC[C@]23c4c5ccc(OC)c4O[C@H]2c2c(c4cccc6c4n2CCC6)C[C@@]3(O)[C@H]1C5. The Morgan fingerprint density at radius 3 is 2.94 bits per heavy atom. The van der Waals surface area contributed by atoms with Crippen LogP contribution in [0, 0.1) is 0 Å². The molecule has 3 aromatic rings. The zero-order valence-corrected chi connectivity index (χ0v) is 20.8. The van der Waals surface area contributed by atoms with Gasteiger partial charge in [-0.3, -0.25) is 4.90 Å². The number of aromatic nitrogens is 1. The highest BCUT2D eigenvalue weighted by Crippen LogP contribution is 2.69. The normalized spacial score (nSPS) is 31.7. The third kappa shape index (κ3) is 2.25. The number of nitrogens with zero attached hydrogens (tertiary/aromatic N) is 2. The minimum atomic E-state index is -0.857. The van der Waals surface area contributed by atoms with Crippen LogP contribution >= 0.6 is 0 Å². The molecule has 5 aliphatic rings. The number of hydrogen-bond acceptors (Lipinski definition) is 4. The van der Waals surface area contributed by atoms with Gasteiger partial charge in [-0.1, -0.05) is 37.6 Å². The fourth-order valence-corrected chi connectivity index (χ4v) is 8.77. The Morgan fingerprint density at radius 2 is 2.09 bits per heavy atom. The summed E-state index contributed by atoms with van der Waals surface area (Å²) < 4.78 is 15.4. The minimum Gasteiger partial charge on any atom is -0.493 e. The van der Waals surface area contributed by atoms with E-state index in [-0.39, 0.29) is 12.1 Å². The maximum Gasteiger partial charge on any atom is 0.166 e. The van der Waals surface area contributed by atoms with Gasteiger partial charge in [0.25, 0.3) is 0 Å². The predicted octanol–water partition coefficient (Wildman–Crippen LogP) is 4.69. The van der Waals surface area contributed by atoms with Crippen LogP contribution < -0.4 is 9.47 Å². The number of methoxy groups -OCH3 is 1. The van der Waals surface area contributed by atoms with E-state index in [2.05, 4.69) is 46.7 Å². The molecule has 1 spiro atoms. The molecule has 4 atom stereocenters. The van der Waals surface area contributed by atoms with Gasteiger partial charge in [0, 0.05) is 30.0 Å². The second-order valence-electron chi connectivity index (χ2n) is 11.5. The van der Waals surface area contributed by atoms with Crippen LogP contribution in [0.3, 0.4) is 0 Å². The number of rotatable bonds is 4. The first-order valence-electron chi connectivity index (χ1n) is 13.6. The molecular formula is C30H34N2O3. The van der Waals surface area contributed by atoms with Crippen LogP contribution in [-0.4, -0.2) is 46.4 Å². The van der Waals surface area contributed by atoms with Crippen molar-refractivity contribution in [3.63, 3.8) is 0 Å². The number of piperidine rings is 1. The van der Waals surface area contributed by atoms with Crippen LogP contribution in [0.15, 0.2) is 30.3 Å². The molecule has 3 aliphatic heterocycles. The second-order valence-corrected chi connectivity index (χ2v) is 11.5. The lowest BCUT2D eigenvalue weighted by Crippen LogP contribution is -2.74. The van der Waals surface area contributed by atoms with Crippen LogP contribution in [0.1, 0.15) is 66.7 Å². The van der Waals surface area contributed by atoms with Crippen LogP contribution in [-0.2, 0) is 31.2 Å². The zero-order chi connectivity index (χ0) is 23.5. The molecule has 8 rings (SSSR count). The number of hydrogen-bond donors (Lipinski definition) is 1. The maximum atomic E-state index is 13.0. The summed E-state index contributed by atoms with van der Waals surface area (Å²) in [5.41, 5.74) is 6.78. The van der Waals surface area contributed by atoms with Crippen molar-refractivity contribution in [1.29, 1.82) is 0 Å². The number of aryl methyl sites for hydroxylation is 2. The highest BCUT2D eigenvalue weighted by Gasteiger charge is 2.73. The molecule has 0 unspecified atom stereocenters. The van der Waals surface area contributed by atoms with Gasteiger partial charge in [-0.25, -0.2) is 0 Å². The van der Waals surface area contributed by atoms with Gasteiger partial charge in [-0.05, 0) is 68.0 Å². The number of fused-ring (bicyclic) bond motifs is 4. The monoisotopic (exact) mass is 470 g/mol. The quantitative estimate of drug-likeness (QED) is 0.601. The van der Waals surface area contributed by atoms with E-state index in [4.69, 9.17) is 9.47 Å². The molecule has 5 heteroatoms. The smallest absolute Gasteiger partial charge is 0.166 e. The molecule has 0 saturated carbocycles. The molecule has 2 aliphatic carbocycles. The molecule has 35 heavy (non-hydrogen) atoms. The molecule has 0 amide bonds. The highest BCUT2D eigenvalue weighted by molar-refractivity contribution is 5.90. The van der Waals surface area contributed by atoms with Crippen LogP contribution in [0.2, 0.25) is 0 Å². The summed E-state index contributed by atoms with van der Waals surface area (Å²) in [4.78, 5) is 2.60. The Labute approximate surface area is 206 Å². The van der Waals surface area contributed by atoms with E-state index in [1.54, 1.807) is 7.11 Å². The van der Waals surface area contributed by atoms with Gasteiger partial charge in [-0.2, -0.15) is 0 Å². The Morgan fingerprint density at radius 1 is 1.17 bits per heavy atom. The minimum absolute atomic E-state index is 0.112. The average Bonchev–Trinajstić information content (AvgIpc) is 3.37. The summed E-state index contributed by atoms with van der Waals surface area (Å²) in [6.45, 7) is 5.37. The molecule has 1 saturated heterocycles. The van der Waals surface area contributed by atoms with E-state index in [1.165, 1.54) is 51.7 Å². The molecule has 1 aromatic heterocycles. The Hall–Kier alpha value is -2.50. The second kappa shape index (κ2) is 6.83. The maximum absolute atomic E-state index is 13.0. The lowest BCUT2D eigenvalue weighted by molar-refractivity contribution is -0.173. The largest absolute Gasteiger partial charge is 0.493 e. The number of likely N-dealkylation sites (tertiary alicyclic amines) is 1. The Bertz CT molecular complexity index is 1390. The summed E-state index contributed by atoms with van der Waals surface area (Å²) in [5.74, 6) is 1.69. The number of aliphatic hydroxyl groups is 1. The van der Waals surface area contributed by atoms with E-state index in [1.807, 2.05) is 0 Å². The predicted molar refractivity (Wildman–Crippen MR) is 136 cm³/mol. The highest BCUT2D eigenvalue weighted by atomic mass is 16.5. The summed E-state index contributed by atoms with van der Waals surface area (Å²) in [5, 5.41) is 14.4. The molecule has 2 aromatic carbocycles. The standard InChI is InChI=1S/C30H34N2O3/c1-3-4-13-31-15-12-29-24-19-10-11-22(34-2)27(24)35-28(29)26-21(17-30(29,33)23(31)16-19)20-9-5-7-18-8-6-14-32(26)25(18)20/h5,7,9-11,23,28,33H,3-4,6,8,12-17H2,1-2H3/t23-,28+,29+,30-/m1/s1. The number of ether oxygens (including phenoxy) is 2. The number of unbranched alkanes of at least 4 members (excludes halogenated alkanes) is 1. The average molecular weight is 471 g/mol. The molecular weight excluding hydrogens is 436 g/mol. The topological polar surface area (TPSA) is 46.9 Å². The van der Waals surface area contributed by atoms with Crippen molar-refractivity contribution in [2.24, 2.45) is 0 Å². The van der Waals surface area contributed by atoms with Crippen molar-refractivity contribution < 1.29 is 14.6 Å². The van der Waals surface area contributed by atoms with Crippen molar-refractivity contribution in [3.8, 4) is 11.5 Å². The first-order chi connectivity index (χ1) is 17.1. The van der Waals surface area contributed by atoms with Gasteiger partial charge in [0.15, 0.2) is 17.6 Å². The fraction of sp³-hybridized carbons (Fsp3) is 0.533. The van der Waals surface area contributed by atoms with Crippen LogP contribution in [0.5, 0.6) is 11.5 Å². The third-order valence-corrected chi connectivity index (χ3v) is 10.2. The third-order valence-electron chi connectivity index (χ3n) is 10.2. The lowest BCUT2D eigenvalue weighted by atomic mass is 9.49. The Balaban J connectivity index is 1.44. The van der Waals surface area contributed by atoms with E-state index in [0.29, 0.717) is 6.42 Å². The molecule has 1 fully saturated rings. The fourth-order valence-electron chi connectivity index (χ4n) is 8.77. The van der Waals surface area contributed by atoms with Gasteiger partial charge in [-0.15, -0.1) is 0 Å². The molecule has 5 nitrogen and oxygen atoms in total. The van der Waals surface area contributed by atoms with E-state index < -0.39 is 11.0 Å². The van der Waals surface area contributed by atoms with Gasteiger partial charge >= 0.3 is 0 Å². The molecule has 182 valence electrons. The van der Waals surface area contributed by atoms with Crippen molar-refractivity contribution in [2.45, 2.75) is 81.6 Å². The van der Waals surface area contributed by atoms with Gasteiger partial charge < -0.3 is 19.1 Å². The van der Waals surface area contributed by atoms with Crippen molar-refractivity contribution in [2.75, 3.05) is 20.2 Å².